The molecule has 2 heterocycles. The third-order valence-corrected chi connectivity index (χ3v) is 4.98. The van der Waals surface area contributed by atoms with Crippen LogP contribution in [0.2, 0.25) is 0 Å². The minimum Gasteiger partial charge on any atom is -0.476 e. The number of hydrogen-bond donors (Lipinski definition) is 2. The maximum absolute atomic E-state index is 5.85. The average Bonchev–Trinajstić information content (AvgIpc) is 2.80. The molecule has 3 aromatic rings. The highest BCUT2D eigenvalue weighted by Gasteiger charge is 2.19. The third-order valence-electron chi connectivity index (χ3n) is 4.98. The lowest BCUT2D eigenvalue weighted by Crippen LogP contribution is -2.37. The van der Waals surface area contributed by atoms with Gasteiger partial charge in [-0.1, -0.05) is 36.4 Å². The molecule has 0 saturated carbocycles. The summed E-state index contributed by atoms with van der Waals surface area (Å²) in [5, 5.41) is 9.42. The van der Waals surface area contributed by atoms with E-state index in [4.69, 9.17) is 20.3 Å². The van der Waals surface area contributed by atoms with E-state index in [0.717, 1.165) is 29.4 Å². The van der Waals surface area contributed by atoms with Crippen molar-refractivity contribution in [2.45, 2.75) is 0 Å². The highest BCUT2D eigenvalue weighted by atomic mass is 16.5. The molecule has 3 N–H and O–H groups in total. The number of benzene rings is 2. The van der Waals surface area contributed by atoms with Crippen LogP contribution in [0.15, 0.2) is 53.6 Å². The van der Waals surface area contributed by atoms with Crippen molar-refractivity contribution in [3.63, 3.8) is 0 Å². The first-order valence-electron chi connectivity index (χ1n) is 10.0. The Morgan fingerprint density at radius 1 is 1.13 bits per heavy atom. The lowest BCUT2D eigenvalue weighted by molar-refractivity contribution is 0.122. The van der Waals surface area contributed by atoms with Gasteiger partial charge in [0.05, 0.1) is 13.2 Å². The molecular formula is C22H26N6O2. The summed E-state index contributed by atoms with van der Waals surface area (Å²) < 4.78 is 11.3. The Kier molecular flexibility index (Phi) is 6.36. The molecule has 1 fully saturated rings. The number of hydrogen-bond acceptors (Lipinski definition) is 8. The summed E-state index contributed by atoms with van der Waals surface area (Å²) in [6, 6.07) is 16.1. The number of nitrogens with zero attached hydrogens (tertiary/aromatic N) is 4. The SMILES string of the molecule is CNCCOc1cc(/C(=N\N)c2ccc3ccccc3c2)nc(N2CCOCC2)n1. The maximum Gasteiger partial charge on any atom is 0.229 e. The number of nitrogens with one attached hydrogen (secondary N) is 1. The van der Waals surface area contributed by atoms with Gasteiger partial charge in [0.1, 0.15) is 18.0 Å². The van der Waals surface area contributed by atoms with E-state index < -0.39 is 0 Å². The van der Waals surface area contributed by atoms with Crippen LogP contribution in [0.4, 0.5) is 5.95 Å². The van der Waals surface area contributed by atoms with E-state index in [1.165, 1.54) is 0 Å². The van der Waals surface area contributed by atoms with E-state index >= 15 is 0 Å². The highest BCUT2D eigenvalue weighted by Crippen LogP contribution is 2.22. The van der Waals surface area contributed by atoms with Gasteiger partial charge in [0.2, 0.25) is 11.8 Å². The molecule has 1 aliphatic heterocycles. The summed E-state index contributed by atoms with van der Waals surface area (Å²) in [6.07, 6.45) is 0. The van der Waals surface area contributed by atoms with Crippen LogP contribution in [0.1, 0.15) is 11.3 Å². The van der Waals surface area contributed by atoms with Crippen molar-refractivity contribution >= 4 is 22.4 Å². The zero-order valence-corrected chi connectivity index (χ0v) is 17.0. The minimum absolute atomic E-state index is 0.499. The maximum atomic E-state index is 5.85. The van der Waals surface area contributed by atoms with Gasteiger partial charge in [-0.3, -0.25) is 0 Å². The van der Waals surface area contributed by atoms with Crippen LogP contribution in [0.25, 0.3) is 10.8 Å². The van der Waals surface area contributed by atoms with Gasteiger partial charge in [-0.15, -0.1) is 0 Å². The molecule has 4 rings (SSSR count). The topological polar surface area (TPSA) is 97.9 Å². The summed E-state index contributed by atoms with van der Waals surface area (Å²) in [7, 11) is 1.88. The zero-order chi connectivity index (χ0) is 20.8. The van der Waals surface area contributed by atoms with Crippen molar-refractivity contribution in [2.75, 3.05) is 51.4 Å². The molecular weight excluding hydrogens is 380 g/mol. The van der Waals surface area contributed by atoms with E-state index in [-0.39, 0.29) is 0 Å². The Morgan fingerprint density at radius 2 is 1.93 bits per heavy atom. The zero-order valence-electron chi connectivity index (χ0n) is 17.0. The lowest BCUT2D eigenvalue weighted by atomic mass is 10.0. The van der Waals surface area contributed by atoms with E-state index in [2.05, 4.69) is 44.6 Å². The van der Waals surface area contributed by atoms with Gasteiger partial charge in [0.15, 0.2) is 0 Å². The van der Waals surface area contributed by atoms with Crippen molar-refractivity contribution in [3.05, 3.63) is 59.8 Å². The molecule has 0 atom stereocenters. The van der Waals surface area contributed by atoms with Crippen LogP contribution in [-0.2, 0) is 4.74 Å². The second-order valence-electron chi connectivity index (χ2n) is 6.98. The van der Waals surface area contributed by atoms with Crippen molar-refractivity contribution in [3.8, 4) is 5.88 Å². The first-order chi connectivity index (χ1) is 14.8. The number of aromatic nitrogens is 2. The molecule has 0 spiro atoms. The minimum atomic E-state index is 0.499. The molecule has 0 bridgehead atoms. The monoisotopic (exact) mass is 406 g/mol. The van der Waals surface area contributed by atoms with Gasteiger partial charge in [-0.2, -0.15) is 10.1 Å². The predicted molar refractivity (Wildman–Crippen MR) is 118 cm³/mol. The fourth-order valence-corrected chi connectivity index (χ4v) is 3.40. The molecule has 0 aliphatic carbocycles. The summed E-state index contributed by atoms with van der Waals surface area (Å²) >= 11 is 0. The molecule has 2 aromatic carbocycles. The quantitative estimate of drug-likeness (QED) is 0.267. The van der Waals surface area contributed by atoms with Gasteiger partial charge in [0, 0.05) is 31.3 Å². The van der Waals surface area contributed by atoms with E-state index in [1.807, 2.05) is 25.2 Å². The van der Waals surface area contributed by atoms with Crippen LogP contribution in [0.3, 0.4) is 0 Å². The number of rotatable bonds is 7. The molecule has 1 aromatic heterocycles. The summed E-state index contributed by atoms with van der Waals surface area (Å²) in [4.78, 5) is 11.5. The summed E-state index contributed by atoms with van der Waals surface area (Å²) in [5.74, 6) is 6.92. The van der Waals surface area contributed by atoms with Gasteiger partial charge in [-0.05, 0) is 23.9 Å². The summed E-state index contributed by atoms with van der Waals surface area (Å²) in [6.45, 7) is 3.96. The van der Waals surface area contributed by atoms with Crippen LogP contribution >= 0.6 is 0 Å². The molecule has 8 heteroatoms. The molecule has 30 heavy (non-hydrogen) atoms. The number of anilines is 1. The van der Waals surface area contributed by atoms with Crippen molar-refractivity contribution in [1.29, 1.82) is 0 Å². The Labute approximate surface area is 175 Å². The Bertz CT molecular complexity index is 1030. The molecule has 8 nitrogen and oxygen atoms in total. The molecule has 1 aliphatic rings. The Balaban J connectivity index is 1.72. The molecule has 1 saturated heterocycles. The first kappa shape index (κ1) is 20.1. The van der Waals surface area contributed by atoms with Crippen LogP contribution in [0.5, 0.6) is 5.88 Å². The first-order valence-corrected chi connectivity index (χ1v) is 10.0. The number of fused-ring (bicyclic) bond motifs is 1. The molecule has 0 radical (unpaired) electrons. The van der Waals surface area contributed by atoms with Crippen LogP contribution < -0.4 is 20.8 Å². The van der Waals surface area contributed by atoms with E-state index in [9.17, 15) is 0 Å². The lowest BCUT2D eigenvalue weighted by Gasteiger charge is -2.27. The second kappa shape index (κ2) is 9.51. The van der Waals surface area contributed by atoms with Gasteiger partial charge in [-0.25, -0.2) is 4.98 Å². The number of hydrazone groups is 1. The van der Waals surface area contributed by atoms with Crippen LogP contribution in [0, 0.1) is 0 Å². The average molecular weight is 406 g/mol. The van der Waals surface area contributed by atoms with E-state index in [1.54, 1.807) is 6.07 Å². The third kappa shape index (κ3) is 4.50. The highest BCUT2D eigenvalue weighted by molar-refractivity contribution is 6.13. The van der Waals surface area contributed by atoms with Gasteiger partial charge >= 0.3 is 0 Å². The van der Waals surface area contributed by atoms with Gasteiger partial charge < -0.3 is 25.5 Å². The number of ether oxygens (including phenoxy) is 2. The molecule has 156 valence electrons. The van der Waals surface area contributed by atoms with Crippen molar-refractivity contribution < 1.29 is 9.47 Å². The van der Waals surface area contributed by atoms with Crippen molar-refractivity contribution in [2.24, 2.45) is 10.9 Å². The second-order valence-corrected chi connectivity index (χ2v) is 6.98. The fraction of sp³-hybridized carbons (Fsp3) is 0.318. The normalized spacial score (nSPS) is 14.8. The van der Waals surface area contributed by atoms with Gasteiger partial charge in [0.25, 0.3) is 0 Å². The Morgan fingerprint density at radius 3 is 2.70 bits per heavy atom. The van der Waals surface area contributed by atoms with Crippen molar-refractivity contribution in [1.82, 2.24) is 15.3 Å². The smallest absolute Gasteiger partial charge is 0.229 e. The number of likely N-dealkylation sites (N-methyl/N-ethyl adjacent to an activating group) is 1. The standard InChI is InChI=1S/C22H26N6O2/c1-24-8-11-30-20-15-19(25-22(26-20)28-9-12-29-13-10-28)21(27-23)18-7-6-16-4-2-3-5-17(16)14-18/h2-7,14-15,24H,8-13,23H2,1H3/b27-21-. The van der Waals surface area contributed by atoms with E-state index in [0.29, 0.717) is 49.6 Å². The summed E-state index contributed by atoms with van der Waals surface area (Å²) in [5.41, 5.74) is 2.11. The number of nitrogens with two attached hydrogens (primary N) is 1. The predicted octanol–water partition coefficient (Wildman–Crippen LogP) is 1.78. The largest absolute Gasteiger partial charge is 0.476 e. The fourth-order valence-electron chi connectivity index (χ4n) is 3.40. The molecule has 0 amide bonds. The van der Waals surface area contributed by atoms with Crippen LogP contribution in [-0.4, -0.2) is 62.2 Å². The number of morpholine rings is 1. The molecule has 0 unspecified atom stereocenters. The Hall–Kier alpha value is -3.23.